The number of thiophene rings is 1. The third-order valence-corrected chi connectivity index (χ3v) is 6.24. The first-order valence-electron chi connectivity index (χ1n) is 8.13. The largest absolute Gasteiger partial charge is 0.390 e. The number of rotatable bonds is 2. The Labute approximate surface area is 134 Å². The molecule has 0 spiro atoms. The lowest BCUT2D eigenvalue weighted by molar-refractivity contribution is -0.00611. The molecule has 0 unspecified atom stereocenters. The van der Waals surface area contributed by atoms with Crippen molar-refractivity contribution >= 4 is 17.2 Å². The molecule has 0 saturated carbocycles. The van der Waals surface area contributed by atoms with Crippen LogP contribution < -0.4 is 0 Å². The molecule has 120 valence electrons. The number of aliphatic hydroxyl groups excluding tert-OH is 1. The first-order chi connectivity index (χ1) is 10.7. The fraction of sp³-hybridized carbons (Fsp3) is 0.688. The van der Waals surface area contributed by atoms with E-state index in [0.717, 1.165) is 44.0 Å². The minimum Gasteiger partial charge on any atom is -0.390 e. The summed E-state index contributed by atoms with van der Waals surface area (Å²) in [5, 5.41) is 10.4. The quantitative estimate of drug-likeness (QED) is 0.873. The van der Waals surface area contributed by atoms with Gasteiger partial charge in [-0.3, -0.25) is 9.69 Å². The Balaban J connectivity index is 1.45. The van der Waals surface area contributed by atoms with Gasteiger partial charge in [-0.2, -0.15) is 0 Å². The summed E-state index contributed by atoms with van der Waals surface area (Å²) in [5.74, 6) is 0.0919. The average Bonchev–Trinajstić information content (AvgIpc) is 3.21. The standard InChI is InChI=1S/C16H22N2O3S/c19-13-10-18(9-12(13)17-4-6-21-7-5-17)16(20)15-8-11-2-1-3-14(11)22-15/h8,12-13,19H,1-7,9-10H2/t12-,13-/m1/s1. The van der Waals surface area contributed by atoms with E-state index in [1.807, 2.05) is 4.90 Å². The Kier molecular flexibility index (Phi) is 3.94. The molecule has 22 heavy (non-hydrogen) atoms. The second kappa shape index (κ2) is 5.92. The highest BCUT2D eigenvalue weighted by molar-refractivity contribution is 7.14. The van der Waals surface area contributed by atoms with Crippen LogP contribution in [0.3, 0.4) is 0 Å². The van der Waals surface area contributed by atoms with E-state index in [-0.39, 0.29) is 11.9 Å². The van der Waals surface area contributed by atoms with Crippen LogP contribution in [0, 0.1) is 0 Å². The van der Waals surface area contributed by atoms with E-state index in [0.29, 0.717) is 13.1 Å². The number of hydrogen-bond acceptors (Lipinski definition) is 5. The van der Waals surface area contributed by atoms with Crippen molar-refractivity contribution in [2.24, 2.45) is 0 Å². The first kappa shape index (κ1) is 14.6. The van der Waals surface area contributed by atoms with Crippen LogP contribution in [0.5, 0.6) is 0 Å². The summed E-state index contributed by atoms with van der Waals surface area (Å²) in [6.45, 7) is 4.20. The summed E-state index contributed by atoms with van der Waals surface area (Å²) in [5.41, 5.74) is 1.36. The molecule has 1 amide bonds. The Hall–Kier alpha value is -0.950. The minimum atomic E-state index is -0.450. The Morgan fingerprint density at radius 3 is 2.86 bits per heavy atom. The Morgan fingerprint density at radius 1 is 1.27 bits per heavy atom. The zero-order valence-corrected chi connectivity index (χ0v) is 13.5. The highest BCUT2D eigenvalue weighted by atomic mass is 32.1. The van der Waals surface area contributed by atoms with Crippen molar-refractivity contribution in [3.05, 3.63) is 21.4 Å². The van der Waals surface area contributed by atoms with Gasteiger partial charge in [0.25, 0.3) is 5.91 Å². The van der Waals surface area contributed by atoms with Crippen LogP contribution >= 0.6 is 11.3 Å². The van der Waals surface area contributed by atoms with E-state index in [4.69, 9.17) is 4.74 Å². The summed E-state index contributed by atoms with van der Waals surface area (Å²) >= 11 is 1.65. The van der Waals surface area contributed by atoms with E-state index < -0.39 is 6.10 Å². The predicted octanol–water partition coefficient (Wildman–Crippen LogP) is 0.754. The summed E-state index contributed by atoms with van der Waals surface area (Å²) in [6.07, 6.45) is 3.00. The van der Waals surface area contributed by atoms with Gasteiger partial charge in [0.05, 0.1) is 30.2 Å². The molecule has 3 aliphatic rings. The highest BCUT2D eigenvalue weighted by Crippen LogP contribution is 2.32. The number of amides is 1. The van der Waals surface area contributed by atoms with E-state index in [1.165, 1.54) is 16.9 Å². The third-order valence-electron chi connectivity index (χ3n) is 5.02. The van der Waals surface area contributed by atoms with E-state index >= 15 is 0 Å². The summed E-state index contributed by atoms with van der Waals surface area (Å²) in [6, 6.07) is 2.13. The van der Waals surface area contributed by atoms with Gasteiger partial charge in [-0.25, -0.2) is 0 Å². The number of ether oxygens (including phenoxy) is 1. The lowest BCUT2D eigenvalue weighted by Crippen LogP contribution is -2.49. The second-order valence-electron chi connectivity index (χ2n) is 6.41. The molecule has 2 fully saturated rings. The molecule has 0 bridgehead atoms. The Morgan fingerprint density at radius 2 is 2.09 bits per heavy atom. The van der Waals surface area contributed by atoms with E-state index in [1.54, 1.807) is 11.3 Å². The number of likely N-dealkylation sites (tertiary alicyclic amines) is 1. The van der Waals surface area contributed by atoms with Crippen LogP contribution in [-0.2, 0) is 17.6 Å². The smallest absolute Gasteiger partial charge is 0.264 e. The maximum Gasteiger partial charge on any atom is 0.264 e. The van der Waals surface area contributed by atoms with Crippen molar-refractivity contribution < 1.29 is 14.6 Å². The van der Waals surface area contributed by atoms with Crippen molar-refractivity contribution in [3.63, 3.8) is 0 Å². The van der Waals surface area contributed by atoms with Crippen molar-refractivity contribution in [1.82, 2.24) is 9.80 Å². The summed E-state index contributed by atoms with van der Waals surface area (Å²) in [4.78, 5) is 19.0. The maximum absolute atomic E-state index is 12.7. The van der Waals surface area contributed by atoms with Crippen LogP contribution in [0.1, 0.15) is 26.5 Å². The fourth-order valence-corrected chi connectivity index (χ4v) is 5.02. The number of nitrogens with zero attached hydrogens (tertiary/aromatic N) is 2. The molecule has 2 saturated heterocycles. The molecule has 2 atom stereocenters. The lowest BCUT2D eigenvalue weighted by atomic mass is 10.1. The molecule has 1 aliphatic carbocycles. The van der Waals surface area contributed by atoms with Gasteiger partial charge in [0.15, 0.2) is 0 Å². The van der Waals surface area contributed by atoms with Crippen LogP contribution in [-0.4, -0.2) is 72.4 Å². The monoisotopic (exact) mass is 322 g/mol. The molecular weight excluding hydrogens is 300 g/mol. The number of morpholine rings is 1. The predicted molar refractivity (Wildman–Crippen MR) is 84.4 cm³/mol. The molecule has 0 radical (unpaired) electrons. The Bertz CT molecular complexity index is 546. The number of carbonyl (C=O) groups excluding carboxylic acids is 1. The molecule has 2 aliphatic heterocycles. The minimum absolute atomic E-state index is 0.0552. The molecule has 4 rings (SSSR count). The van der Waals surface area contributed by atoms with Crippen molar-refractivity contribution in [3.8, 4) is 0 Å². The number of hydrogen-bond donors (Lipinski definition) is 1. The lowest BCUT2D eigenvalue weighted by Gasteiger charge is -2.33. The molecule has 5 nitrogen and oxygen atoms in total. The number of aliphatic hydroxyl groups is 1. The maximum atomic E-state index is 12.7. The second-order valence-corrected chi connectivity index (χ2v) is 7.54. The van der Waals surface area contributed by atoms with Gasteiger partial charge < -0.3 is 14.7 Å². The molecular formula is C16H22N2O3S. The molecule has 3 heterocycles. The van der Waals surface area contributed by atoms with Crippen LogP contribution in [0.25, 0.3) is 0 Å². The van der Waals surface area contributed by atoms with Gasteiger partial charge >= 0.3 is 0 Å². The van der Waals surface area contributed by atoms with E-state index in [9.17, 15) is 9.90 Å². The summed E-state index contributed by atoms with van der Waals surface area (Å²) < 4.78 is 5.37. The molecule has 6 heteroatoms. The zero-order valence-electron chi connectivity index (χ0n) is 12.7. The fourth-order valence-electron chi connectivity index (χ4n) is 3.79. The van der Waals surface area contributed by atoms with E-state index in [2.05, 4.69) is 11.0 Å². The van der Waals surface area contributed by atoms with Crippen LogP contribution in [0.4, 0.5) is 0 Å². The van der Waals surface area contributed by atoms with Crippen LogP contribution in [0.15, 0.2) is 6.07 Å². The number of fused-ring (bicyclic) bond motifs is 1. The molecule has 1 aromatic rings. The highest BCUT2D eigenvalue weighted by Gasteiger charge is 2.38. The number of aryl methyl sites for hydroxylation is 2. The van der Waals surface area contributed by atoms with Crippen LogP contribution in [0.2, 0.25) is 0 Å². The van der Waals surface area contributed by atoms with Gasteiger partial charge in [-0.15, -0.1) is 11.3 Å². The first-order valence-corrected chi connectivity index (χ1v) is 8.95. The summed E-state index contributed by atoms with van der Waals surface area (Å²) in [7, 11) is 0. The number of β-amino-alcohol motifs (C(OH)–C–C–N with tert-alkyl or cyclic N) is 1. The van der Waals surface area contributed by atoms with Gasteiger partial charge in [-0.05, 0) is 30.9 Å². The van der Waals surface area contributed by atoms with Crippen molar-refractivity contribution in [2.75, 3.05) is 39.4 Å². The third kappa shape index (κ3) is 2.58. The van der Waals surface area contributed by atoms with Gasteiger partial charge in [0.2, 0.25) is 0 Å². The number of carbonyl (C=O) groups is 1. The molecule has 0 aromatic carbocycles. The van der Waals surface area contributed by atoms with Gasteiger partial charge in [0.1, 0.15) is 0 Å². The van der Waals surface area contributed by atoms with Crippen molar-refractivity contribution in [2.45, 2.75) is 31.4 Å². The molecule has 1 N–H and O–H groups in total. The topological polar surface area (TPSA) is 53.0 Å². The zero-order chi connectivity index (χ0) is 15.1. The van der Waals surface area contributed by atoms with Gasteiger partial charge in [0, 0.05) is 31.1 Å². The normalized spacial score (nSPS) is 29.0. The van der Waals surface area contributed by atoms with Crippen molar-refractivity contribution in [1.29, 1.82) is 0 Å². The van der Waals surface area contributed by atoms with Gasteiger partial charge in [-0.1, -0.05) is 0 Å². The molecule has 1 aromatic heterocycles. The average molecular weight is 322 g/mol. The SMILES string of the molecule is O=C(c1cc2c(s1)CCC2)N1C[C@@H](O)[C@H](N2CCOCC2)C1.